The van der Waals surface area contributed by atoms with E-state index < -0.39 is 5.97 Å². The van der Waals surface area contributed by atoms with Crippen LogP contribution in [0.4, 0.5) is 0 Å². The summed E-state index contributed by atoms with van der Waals surface area (Å²) in [5.41, 5.74) is 1.20. The molecule has 0 bridgehead atoms. The van der Waals surface area contributed by atoms with Gasteiger partial charge in [-0.3, -0.25) is 4.79 Å². The molecule has 0 spiro atoms. The largest absolute Gasteiger partial charge is 0.491 e. The summed E-state index contributed by atoms with van der Waals surface area (Å²) in [4.78, 5) is 32.1. The van der Waals surface area contributed by atoms with Crippen molar-refractivity contribution in [2.24, 2.45) is 0 Å². The standard InChI is InChI=1S/C20H18O7.2C2H4/c1-2-19(21)24-13-15-26-27-25-14-12-23-18-10-8-17(9-11-18)20(22)16-6-4-3-5-7-16;2*1-2/h2-11,13,15H,1,12,14H2;2*1-2H2/b15-13+;;. The van der Waals surface area contributed by atoms with E-state index in [0.29, 0.717) is 16.9 Å². The van der Waals surface area contributed by atoms with Crippen LogP contribution in [0.25, 0.3) is 0 Å². The molecule has 0 saturated heterocycles. The second-order valence-electron chi connectivity index (χ2n) is 4.97. The average molecular weight is 426 g/mol. The van der Waals surface area contributed by atoms with E-state index in [4.69, 9.17) is 9.62 Å². The molecule has 0 aliphatic heterocycles. The Kier molecular flexibility index (Phi) is 15.8. The molecule has 0 radical (unpaired) electrons. The van der Waals surface area contributed by atoms with Crippen LogP contribution in [-0.4, -0.2) is 25.0 Å². The Bertz CT molecular complexity index is 796. The van der Waals surface area contributed by atoms with Gasteiger partial charge in [-0.1, -0.05) is 36.9 Å². The highest BCUT2D eigenvalue weighted by molar-refractivity contribution is 6.08. The highest BCUT2D eigenvalue weighted by Gasteiger charge is 2.08. The highest BCUT2D eigenvalue weighted by atomic mass is 17.5. The maximum atomic E-state index is 12.3. The fourth-order valence-corrected chi connectivity index (χ4v) is 1.90. The summed E-state index contributed by atoms with van der Waals surface area (Å²) in [7, 11) is 0. The van der Waals surface area contributed by atoms with Gasteiger partial charge in [-0.15, -0.1) is 26.3 Å². The maximum Gasteiger partial charge on any atom is 0.335 e. The van der Waals surface area contributed by atoms with Crippen molar-refractivity contribution in [2.45, 2.75) is 0 Å². The summed E-state index contributed by atoms with van der Waals surface area (Å²) in [5, 5.41) is 4.36. The summed E-state index contributed by atoms with van der Waals surface area (Å²) >= 11 is 0. The summed E-state index contributed by atoms with van der Waals surface area (Å²) in [6, 6.07) is 15.8. The van der Waals surface area contributed by atoms with Gasteiger partial charge in [-0.25, -0.2) is 4.79 Å². The molecule has 0 heterocycles. The minimum Gasteiger partial charge on any atom is -0.491 e. The third kappa shape index (κ3) is 11.6. The second-order valence-corrected chi connectivity index (χ2v) is 4.97. The first-order valence-corrected chi connectivity index (χ1v) is 8.96. The number of carbonyl (C=O) groups excluding carboxylic acids is 2. The van der Waals surface area contributed by atoms with Crippen molar-refractivity contribution in [1.29, 1.82) is 0 Å². The lowest BCUT2D eigenvalue weighted by molar-refractivity contribution is -0.490. The Morgan fingerprint density at radius 1 is 0.806 bits per heavy atom. The molecule has 2 aromatic carbocycles. The van der Waals surface area contributed by atoms with Crippen molar-refractivity contribution in [3.8, 4) is 5.75 Å². The quantitative estimate of drug-likeness (QED) is 0.0732. The zero-order valence-electron chi connectivity index (χ0n) is 17.2. The van der Waals surface area contributed by atoms with E-state index in [0.717, 1.165) is 18.6 Å². The number of hydrogen-bond acceptors (Lipinski definition) is 7. The van der Waals surface area contributed by atoms with E-state index >= 15 is 0 Å². The number of carbonyl (C=O) groups is 2. The maximum absolute atomic E-state index is 12.3. The second kappa shape index (κ2) is 18.1. The SMILES string of the molecule is C=C.C=C.C=CC(=O)O/C=C/OOOCCOc1ccc(C(=O)c2ccccc2)cc1. The first kappa shape index (κ1) is 27.1. The zero-order chi connectivity index (χ0) is 23.3. The van der Waals surface area contributed by atoms with E-state index in [1.54, 1.807) is 36.4 Å². The van der Waals surface area contributed by atoms with Crippen molar-refractivity contribution in [2.75, 3.05) is 13.2 Å². The number of esters is 1. The smallest absolute Gasteiger partial charge is 0.335 e. The lowest BCUT2D eigenvalue weighted by Gasteiger charge is -2.07. The molecule has 7 heteroatoms. The van der Waals surface area contributed by atoms with Crippen LogP contribution in [0.3, 0.4) is 0 Å². The third-order valence-corrected chi connectivity index (χ3v) is 3.14. The summed E-state index contributed by atoms with van der Waals surface area (Å²) in [6.07, 6.45) is 2.95. The van der Waals surface area contributed by atoms with Crippen LogP contribution in [0, 0.1) is 0 Å². The van der Waals surface area contributed by atoms with Crippen LogP contribution >= 0.6 is 0 Å². The van der Waals surface area contributed by atoms with Crippen LogP contribution < -0.4 is 4.74 Å². The van der Waals surface area contributed by atoms with Gasteiger partial charge >= 0.3 is 5.97 Å². The first-order valence-electron chi connectivity index (χ1n) is 8.96. The molecule has 2 aromatic rings. The summed E-state index contributed by atoms with van der Waals surface area (Å²) in [6.45, 7) is 15.5. The van der Waals surface area contributed by atoms with Crippen LogP contribution in [0.2, 0.25) is 0 Å². The molecule has 0 unspecified atom stereocenters. The Morgan fingerprint density at radius 2 is 1.42 bits per heavy atom. The van der Waals surface area contributed by atoms with Gasteiger partial charge in [0.1, 0.15) is 25.2 Å². The predicted octanol–water partition coefficient (Wildman–Crippen LogP) is 4.98. The van der Waals surface area contributed by atoms with Crippen molar-refractivity contribution in [1.82, 2.24) is 0 Å². The van der Waals surface area contributed by atoms with Crippen molar-refractivity contribution < 1.29 is 33.9 Å². The molecule has 0 atom stereocenters. The van der Waals surface area contributed by atoms with Gasteiger partial charge in [0.15, 0.2) is 12.0 Å². The molecule has 0 aliphatic rings. The molecule has 0 aromatic heterocycles. The number of ketones is 1. The Balaban J connectivity index is 0.00000212. The van der Waals surface area contributed by atoms with E-state index in [-0.39, 0.29) is 19.0 Å². The lowest BCUT2D eigenvalue weighted by atomic mass is 10.0. The van der Waals surface area contributed by atoms with Crippen LogP contribution in [0.5, 0.6) is 5.75 Å². The summed E-state index contributed by atoms with van der Waals surface area (Å²) < 4.78 is 9.93. The monoisotopic (exact) mass is 426 g/mol. The fourth-order valence-electron chi connectivity index (χ4n) is 1.90. The van der Waals surface area contributed by atoms with Crippen LogP contribution in [0.1, 0.15) is 15.9 Å². The van der Waals surface area contributed by atoms with Gasteiger partial charge in [0.25, 0.3) is 0 Å². The van der Waals surface area contributed by atoms with Crippen molar-refractivity contribution in [3.05, 3.63) is 117 Å². The van der Waals surface area contributed by atoms with E-state index in [1.807, 2.05) is 18.2 Å². The molecular formula is C24H26O7. The predicted molar refractivity (Wildman–Crippen MR) is 118 cm³/mol. The molecule has 0 N–H and O–H groups in total. The number of ether oxygens (including phenoxy) is 2. The van der Waals surface area contributed by atoms with E-state index in [1.165, 1.54) is 0 Å². The van der Waals surface area contributed by atoms with Gasteiger partial charge in [-0.2, -0.15) is 4.89 Å². The zero-order valence-corrected chi connectivity index (χ0v) is 17.2. The van der Waals surface area contributed by atoms with Gasteiger partial charge in [0, 0.05) is 17.2 Å². The molecule has 2 rings (SSSR count). The molecule has 0 saturated carbocycles. The van der Waals surface area contributed by atoms with Gasteiger partial charge in [-0.05, 0) is 29.3 Å². The van der Waals surface area contributed by atoms with Crippen LogP contribution in [0.15, 0.2) is 106 Å². The number of rotatable bonds is 11. The van der Waals surface area contributed by atoms with Crippen LogP contribution in [-0.2, 0) is 24.3 Å². The van der Waals surface area contributed by atoms with Crippen molar-refractivity contribution in [3.63, 3.8) is 0 Å². The Morgan fingerprint density at radius 3 is 2.03 bits per heavy atom. The van der Waals surface area contributed by atoms with E-state index in [9.17, 15) is 9.59 Å². The minimum atomic E-state index is -0.624. The molecular weight excluding hydrogens is 400 g/mol. The summed E-state index contributed by atoms with van der Waals surface area (Å²) in [5.74, 6) is -0.0936. The third-order valence-electron chi connectivity index (χ3n) is 3.14. The highest BCUT2D eigenvalue weighted by Crippen LogP contribution is 2.15. The normalized spacial score (nSPS) is 9.29. The van der Waals surface area contributed by atoms with Gasteiger partial charge < -0.3 is 14.4 Å². The molecule has 0 amide bonds. The molecule has 164 valence electrons. The minimum absolute atomic E-state index is 0.0529. The first-order chi connectivity index (χ1) is 15.2. The molecule has 0 fully saturated rings. The Hall–Kier alpha value is -3.94. The van der Waals surface area contributed by atoms with Crippen molar-refractivity contribution >= 4 is 11.8 Å². The topological polar surface area (TPSA) is 80.3 Å². The average Bonchev–Trinajstić information content (AvgIpc) is 2.85. The Labute approximate surface area is 182 Å². The lowest BCUT2D eigenvalue weighted by Crippen LogP contribution is -2.07. The van der Waals surface area contributed by atoms with E-state index in [2.05, 4.69) is 47.6 Å². The molecule has 31 heavy (non-hydrogen) atoms. The fraction of sp³-hybridized carbons (Fsp3) is 0.0833. The van der Waals surface area contributed by atoms with Gasteiger partial charge in [0.05, 0.1) is 0 Å². The number of benzene rings is 2. The molecule has 0 aliphatic carbocycles. The van der Waals surface area contributed by atoms with Gasteiger partial charge in [0.2, 0.25) is 0 Å². The number of hydrogen-bond donors (Lipinski definition) is 0. The molecule has 7 nitrogen and oxygen atoms in total.